The number of carbonyl (C=O) groups is 2. The van der Waals surface area contributed by atoms with Gasteiger partial charge in [-0.1, -0.05) is 25.7 Å². The molecule has 1 fully saturated rings. The van der Waals surface area contributed by atoms with Gasteiger partial charge in [0.2, 0.25) is 18.1 Å². The van der Waals surface area contributed by atoms with Crippen LogP contribution in [0.25, 0.3) is 0 Å². The highest BCUT2D eigenvalue weighted by atomic mass is 19.1. The molecule has 0 saturated heterocycles. The van der Waals surface area contributed by atoms with E-state index in [4.69, 9.17) is 0 Å². The van der Waals surface area contributed by atoms with Gasteiger partial charge in [-0.2, -0.15) is 4.39 Å². The van der Waals surface area contributed by atoms with E-state index in [2.05, 4.69) is 25.8 Å². The Morgan fingerprint density at radius 2 is 2.00 bits per heavy atom. The van der Waals surface area contributed by atoms with Crippen LogP contribution in [0.5, 0.6) is 0 Å². The lowest BCUT2D eigenvalue weighted by Crippen LogP contribution is -2.41. The number of hydrogen-bond donors (Lipinski definition) is 3. The first-order valence-electron chi connectivity index (χ1n) is 11.0. The van der Waals surface area contributed by atoms with Crippen molar-refractivity contribution in [2.75, 3.05) is 23.9 Å². The topological polar surface area (TPSA) is 124 Å². The third-order valence-corrected chi connectivity index (χ3v) is 5.77. The lowest BCUT2D eigenvalue weighted by molar-refractivity contribution is -0.154. The van der Waals surface area contributed by atoms with Gasteiger partial charge in [-0.05, 0) is 37.0 Å². The van der Waals surface area contributed by atoms with E-state index in [1.807, 2.05) is 12.1 Å². The van der Waals surface area contributed by atoms with Crippen molar-refractivity contribution in [3.05, 3.63) is 41.7 Å². The Morgan fingerprint density at radius 3 is 2.67 bits per heavy atom. The molecule has 2 heterocycles. The number of anilines is 2. The lowest BCUT2D eigenvalue weighted by Gasteiger charge is -2.23. The number of hydrogen-bond acceptors (Lipinski definition) is 8. The monoisotopic (exact) mass is 459 g/mol. The Bertz CT molecular complexity index is 941. The molecule has 1 saturated carbocycles. The second-order valence-electron chi connectivity index (χ2n) is 8.39. The van der Waals surface area contributed by atoms with Crippen LogP contribution in [0.2, 0.25) is 0 Å². The van der Waals surface area contributed by atoms with Crippen LogP contribution in [0.4, 0.5) is 16.0 Å². The van der Waals surface area contributed by atoms with E-state index in [0.29, 0.717) is 29.8 Å². The first-order valence-corrected chi connectivity index (χ1v) is 11.0. The van der Waals surface area contributed by atoms with Crippen LogP contribution in [0, 0.1) is 24.6 Å². The zero-order valence-corrected chi connectivity index (χ0v) is 18.9. The molecule has 0 spiro atoms. The van der Waals surface area contributed by atoms with Crippen molar-refractivity contribution in [1.82, 2.24) is 25.4 Å². The maximum absolute atomic E-state index is 15.2. The van der Waals surface area contributed by atoms with Gasteiger partial charge in [0.25, 0.3) is 0 Å². The van der Waals surface area contributed by atoms with Gasteiger partial charge in [-0.15, -0.1) is 0 Å². The molecule has 0 radical (unpaired) electrons. The highest BCUT2D eigenvalue weighted by molar-refractivity contribution is 5.80. The summed E-state index contributed by atoms with van der Waals surface area (Å²) in [7, 11) is 1.71. The fourth-order valence-corrected chi connectivity index (χ4v) is 4.12. The summed E-state index contributed by atoms with van der Waals surface area (Å²) in [6.45, 7) is 1.90. The molecule has 1 aliphatic carbocycles. The molecule has 2 aromatic rings. The van der Waals surface area contributed by atoms with Gasteiger partial charge in [0.1, 0.15) is 5.82 Å². The van der Waals surface area contributed by atoms with Crippen molar-refractivity contribution in [3.63, 3.8) is 0 Å². The molecule has 2 amide bonds. The van der Waals surface area contributed by atoms with E-state index in [-0.39, 0.29) is 24.6 Å². The van der Waals surface area contributed by atoms with Crippen LogP contribution in [0.1, 0.15) is 43.5 Å². The molecule has 11 heteroatoms. The zero-order chi connectivity index (χ0) is 23.8. The number of halogens is 1. The maximum atomic E-state index is 15.2. The van der Waals surface area contributed by atoms with Crippen LogP contribution in [0.3, 0.4) is 0 Å². The fraction of sp³-hybridized carbons (Fsp3) is 0.500. The Balaban J connectivity index is 1.69. The highest BCUT2D eigenvalue weighted by Gasteiger charge is 2.27. The van der Waals surface area contributed by atoms with Crippen molar-refractivity contribution in [2.24, 2.45) is 11.8 Å². The number of amides is 2. The van der Waals surface area contributed by atoms with E-state index in [1.165, 1.54) is 0 Å². The van der Waals surface area contributed by atoms with Crippen LogP contribution in [-0.4, -0.2) is 51.1 Å². The number of aryl methyl sites for hydroxylation is 1. The highest BCUT2D eigenvalue weighted by Crippen LogP contribution is 2.30. The largest absolute Gasteiger partial charge is 0.353 e. The zero-order valence-electron chi connectivity index (χ0n) is 18.9. The van der Waals surface area contributed by atoms with Gasteiger partial charge in [0, 0.05) is 26.0 Å². The molecule has 2 aromatic heterocycles. The van der Waals surface area contributed by atoms with Crippen LogP contribution < -0.4 is 15.8 Å². The maximum Gasteiger partial charge on any atom is 0.243 e. The molecule has 0 bridgehead atoms. The minimum Gasteiger partial charge on any atom is -0.353 e. The number of carbonyl (C=O) groups excluding carboxylic acids is 2. The van der Waals surface area contributed by atoms with Crippen molar-refractivity contribution < 1.29 is 19.2 Å². The first-order chi connectivity index (χ1) is 15.9. The molecule has 1 atom stereocenters. The number of aromatic nitrogens is 3. The van der Waals surface area contributed by atoms with Crippen molar-refractivity contribution in [2.45, 2.75) is 45.6 Å². The molecule has 3 N–H and O–H groups in total. The predicted molar refractivity (Wildman–Crippen MR) is 119 cm³/mol. The molecule has 0 aromatic carbocycles. The van der Waals surface area contributed by atoms with Gasteiger partial charge in [-0.25, -0.2) is 15.0 Å². The number of hydroxylamine groups is 2. The third kappa shape index (κ3) is 6.82. The summed E-state index contributed by atoms with van der Waals surface area (Å²) >= 11 is 0. The van der Waals surface area contributed by atoms with Gasteiger partial charge in [0.05, 0.1) is 12.5 Å². The predicted octanol–water partition coefficient (Wildman–Crippen LogP) is 2.44. The Morgan fingerprint density at radius 1 is 1.30 bits per heavy atom. The summed E-state index contributed by atoms with van der Waals surface area (Å²) in [6.07, 6.45) is 8.35. The summed E-state index contributed by atoms with van der Waals surface area (Å²) in [5.41, 5.74) is 5.98. The van der Waals surface area contributed by atoms with Gasteiger partial charge >= 0.3 is 0 Å². The summed E-state index contributed by atoms with van der Waals surface area (Å²) in [4.78, 5) is 37.5. The van der Waals surface area contributed by atoms with Crippen molar-refractivity contribution in [1.29, 1.82) is 0 Å². The van der Waals surface area contributed by atoms with E-state index in [9.17, 15) is 14.8 Å². The molecule has 33 heavy (non-hydrogen) atoms. The molecular formula is C22H30FN7O3. The summed E-state index contributed by atoms with van der Waals surface area (Å²) in [5, 5.41) is 10.1. The summed E-state index contributed by atoms with van der Waals surface area (Å²) in [5.74, 6) is -1.20. The standard InChI is InChI=1S/C22H30FN7O3/c1-15-25-20(19(23)21(26-15)29(2)12-17-7-9-24-10-8-17)27-28-22(32)18(13-30(33)14-31)11-16-5-3-4-6-16/h7-10,14,16,18,33H,3-6,11-13H2,1-2H3,(H,28,32)(H,25,26,27)/t18-/m1/s1. The number of pyridine rings is 1. The normalized spacial score (nSPS) is 14.5. The average molecular weight is 460 g/mol. The smallest absolute Gasteiger partial charge is 0.243 e. The van der Waals surface area contributed by atoms with Gasteiger partial charge in [0.15, 0.2) is 11.6 Å². The van der Waals surface area contributed by atoms with Crippen LogP contribution in [-0.2, 0) is 16.1 Å². The van der Waals surface area contributed by atoms with Crippen LogP contribution >= 0.6 is 0 Å². The summed E-state index contributed by atoms with van der Waals surface area (Å²) in [6, 6.07) is 3.66. The second kappa shape index (κ2) is 11.5. The molecule has 10 nitrogen and oxygen atoms in total. The Kier molecular flexibility index (Phi) is 8.47. The molecule has 0 aliphatic heterocycles. The van der Waals surface area contributed by atoms with E-state index in [1.54, 1.807) is 31.3 Å². The molecule has 0 unspecified atom stereocenters. The van der Waals surface area contributed by atoms with E-state index in [0.717, 1.165) is 31.2 Å². The van der Waals surface area contributed by atoms with Gasteiger partial charge < -0.3 is 4.90 Å². The molecule has 3 rings (SSSR count). The fourth-order valence-electron chi connectivity index (χ4n) is 4.12. The number of rotatable bonds is 11. The number of nitrogens with one attached hydrogen (secondary N) is 2. The summed E-state index contributed by atoms with van der Waals surface area (Å²) < 4.78 is 15.2. The third-order valence-electron chi connectivity index (χ3n) is 5.77. The Hall–Kier alpha value is -3.34. The molecule has 178 valence electrons. The van der Waals surface area contributed by atoms with Crippen LogP contribution in [0.15, 0.2) is 24.5 Å². The minimum atomic E-state index is -0.707. The van der Waals surface area contributed by atoms with E-state index >= 15 is 4.39 Å². The van der Waals surface area contributed by atoms with Crippen molar-refractivity contribution in [3.8, 4) is 0 Å². The van der Waals surface area contributed by atoms with Crippen molar-refractivity contribution >= 4 is 24.0 Å². The second-order valence-corrected chi connectivity index (χ2v) is 8.39. The van der Waals surface area contributed by atoms with Gasteiger partial charge in [-0.3, -0.25) is 30.6 Å². The average Bonchev–Trinajstić information content (AvgIpc) is 3.32. The van der Waals surface area contributed by atoms with E-state index < -0.39 is 17.6 Å². The SMILES string of the molecule is Cc1nc(NNC(=O)[C@H](CC2CCCC2)CN(O)C=O)c(F)c(N(C)Cc2ccncc2)n1. The first kappa shape index (κ1) is 24.3. The number of nitrogens with zero attached hydrogens (tertiary/aromatic N) is 5. The number of hydrazine groups is 1. The Labute approximate surface area is 192 Å². The molecule has 1 aliphatic rings. The lowest BCUT2D eigenvalue weighted by atomic mass is 9.92. The minimum absolute atomic E-state index is 0.0843. The molecular weight excluding hydrogens is 429 g/mol. The quantitative estimate of drug-likeness (QED) is 0.266.